The lowest BCUT2D eigenvalue weighted by molar-refractivity contribution is -0.194. The normalized spacial score (nSPS) is 42.0. The van der Waals surface area contributed by atoms with Crippen molar-refractivity contribution >= 4 is 0 Å². The highest BCUT2D eigenvalue weighted by molar-refractivity contribution is 5.44. The van der Waals surface area contributed by atoms with Gasteiger partial charge >= 0.3 is 0 Å². The molecule has 0 amide bonds. The number of allylic oxidation sites excluding steroid dienone is 3. The second-order valence-corrected chi connectivity index (χ2v) is 9.92. The maximum atomic E-state index is 6.24. The molecule has 1 heterocycles. The molecular weight excluding hydrogens is 352 g/mol. The number of ether oxygens (including phenoxy) is 4. The van der Waals surface area contributed by atoms with E-state index < -0.39 is 0 Å². The third-order valence-corrected chi connectivity index (χ3v) is 8.94. The molecule has 4 aliphatic carbocycles. The minimum Gasteiger partial charge on any atom is -0.382 e. The van der Waals surface area contributed by atoms with Crippen molar-refractivity contribution in [2.24, 2.45) is 17.3 Å². The average Bonchev–Trinajstić information content (AvgIpc) is 3.15. The van der Waals surface area contributed by atoms with Crippen LogP contribution in [0, 0.1) is 17.3 Å². The van der Waals surface area contributed by atoms with Crippen LogP contribution >= 0.6 is 0 Å². The van der Waals surface area contributed by atoms with E-state index in [1.807, 2.05) is 14.2 Å². The summed E-state index contributed by atoms with van der Waals surface area (Å²) in [6.07, 6.45) is 13.0. The van der Waals surface area contributed by atoms with Gasteiger partial charge < -0.3 is 18.9 Å². The van der Waals surface area contributed by atoms with Crippen molar-refractivity contribution in [1.82, 2.24) is 0 Å². The molecule has 0 aromatic rings. The van der Waals surface area contributed by atoms with E-state index in [4.69, 9.17) is 18.9 Å². The van der Waals surface area contributed by atoms with Crippen LogP contribution in [-0.4, -0.2) is 45.4 Å². The lowest BCUT2D eigenvalue weighted by Crippen LogP contribution is -2.60. The molecule has 0 aromatic heterocycles. The summed E-state index contributed by atoms with van der Waals surface area (Å²) in [5, 5.41) is 0. The highest BCUT2D eigenvalue weighted by atomic mass is 16.7. The molecule has 0 radical (unpaired) electrons. The van der Waals surface area contributed by atoms with Gasteiger partial charge in [0.25, 0.3) is 0 Å². The molecule has 0 unspecified atom stereocenters. The molecule has 156 valence electrons. The first-order chi connectivity index (χ1) is 13.6. The van der Waals surface area contributed by atoms with E-state index in [1.54, 1.807) is 16.7 Å². The first kappa shape index (κ1) is 19.3. The lowest BCUT2D eigenvalue weighted by atomic mass is 9.48. The van der Waals surface area contributed by atoms with E-state index >= 15 is 0 Å². The van der Waals surface area contributed by atoms with E-state index in [0.29, 0.717) is 18.4 Å². The van der Waals surface area contributed by atoms with E-state index in [2.05, 4.69) is 13.0 Å². The number of rotatable bonds is 3. The van der Waals surface area contributed by atoms with Crippen molar-refractivity contribution in [3.05, 3.63) is 22.8 Å². The summed E-state index contributed by atoms with van der Waals surface area (Å²) in [5.41, 5.74) is 4.95. The van der Waals surface area contributed by atoms with Gasteiger partial charge in [0.2, 0.25) is 0 Å². The van der Waals surface area contributed by atoms with Crippen LogP contribution in [0.5, 0.6) is 0 Å². The Morgan fingerprint density at radius 2 is 1.93 bits per heavy atom. The summed E-state index contributed by atoms with van der Waals surface area (Å²) < 4.78 is 24.0. The van der Waals surface area contributed by atoms with Crippen LogP contribution in [-0.2, 0) is 18.9 Å². The third-order valence-electron chi connectivity index (χ3n) is 8.94. The van der Waals surface area contributed by atoms with Crippen LogP contribution in [0.2, 0.25) is 0 Å². The number of hydrogen-bond acceptors (Lipinski definition) is 4. The van der Waals surface area contributed by atoms with Gasteiger partial charge in [-0.05, 0) is 61.5 Å². The summed E-state index contributed by atoms with van der Waals surface area (Å²) in [4.78, 5) is 0. The summed E-state index contributed by atoms with van der Waals surface area (Å²) in [6.45, 7) is 4.70. The Morgan fingerprint density at radius 1 is 1.11 bits per heavy atom. The topological polar surface area (TPSA) is 36.9 Å². The molecule has 5 rings (SSSR count). The molecule has 2 fully saturated rings. The summed E-state index contributed by atoms with van der Waals surface area (Å²) in [6, 6.07) is 0. The second kappa shape index (κ2) is 6.94. The van der Waals surface area contributed by atoms with Crippen molar-refractivity contribution in [2.75, 3.05) is 34.0 Å². The quantitative estimate of drug-likeness (QED) is 0.697. The van der Waals surface area contributed by atoms with Crippen molar-refractivity contribution in [3.8, 4) is 0 Å². The summed E-state index contributed by atoms with van der Waals surface area (Å²) in [5.74, 6) is 1.08. The molecule has 5 aliphatic rings. The van der Waals surface area contributed by atoms with Crippen molar-refractivity contribution < 1.29 is 18.9 Å². The summed E-state index contributed by atoms with van der Waals surface area (Å²) in [7, 11) is 3.72. The van der Waals surface area contributed by atoms with Gasteiger partial charge in [-0.3, -0.25) is 0 Å². The van der Waals surface area contributed by atoms with Gasteiger partial charge in [-0.25, -0.2) is 0 Å². The summed E-state index contributed by atoms with van der Waals surface area (Å²) >= 11 is 0. The molecule has 0 aromatic carbocycles. The van der Waals surface area contributed by atoms with Crippen molar-refractivity contribution in [2.45, 2.75) is 76.1 Å². The predicted octanol–water partition coefficient (Wildman–Crippen LogP) is 4.79. The molecule has 0 bridgehead atoms. The fourth-order valence-corrected chi connectivity index (χ4v) is 7.46. The number of hydrogen-bond donors (Lipinski definition) is 0. The van der Waals surface area contributed by atoms with Gasteiger partial charge in [0.05, 0.1) is 25.4 Å². The molecule has 1 spiro atoms. The minimum absolute atomic E-state index is 0.149. The van der Waals surface area contributed by atoms with E-state index in [-0.39, 0.29) is 16.8 Å². The minimum atomic E-state index is -0.302. The molecule has 1 aliphatic heterocycles. The van der Waals surface area contributed by atoms with Crippen molar-refractivity contribution in [1.29, 1.82) is 0 Å². The zero-order valence-electron chi connectivity index (χ0n) is 17.9. The number of fused-ring (bicyclic) bond motifs is 4. The Hall–Kier alpha value is -0.680. The van der Waals surface area contributed by atoms with Gasteiger partial charge in [-0.1, -0.05) is 25.0 Å². The van der Waals surface area contributed by atoms with E-state index in [9.17, 15) is 0 Å². The van der Waals surface area contributed by atoms with E-state index in [0.717, 1.165) is 45.3 Å². The Morgan fingerprint density at radius 3 is 2.68 bits per heavy atom. The fourth-order valence-electron chi connectivity index (χ4n) is 7.46. The average molecular weight is 389 g/mol. The standard InChI is InChI=1S/C24H36O4/c1-22-11-8-19-18-9-12-24(27-13-14-28-24)15-17(18)6-7-20(19)21(22)5-4-10-23(22,26-3)16-25-2/h8,20-21H,4-7,9-16H2,1-3H3/t20-,21+,22+,23-/m1/s1. The third kappa shape index (κ3) is 2.64. The van der Waals surface area contributed by atoms with Crippen LogP contribution in [0.1, 0.15) is 64.7 Å². The first-order valence-corrected chi connectivity index (χ1v) is 11.3. The highest BCUT2D eigenvalue weighted by Crippen LogP contribution is 2.62. The largest absolute Gasteiger partial charge is 0.382 e. The molecule has 0 N–H and O–H groups in total. The van der Waals surface area contributed by atoms with Gasteiger partial charge in [0.15, 0.2) is 5.79 Å². The molecule has 4 atom stereocenters. The maximum Gasteiger partial charge on any atom is 0.172 e. The zero-order valence-corrected chi connectivity index (χ0v) is 17.9. The van der Waals surface area contributed by atoms with Crippen LogP contribution in [0.25, 0.3) is 0 Å². The maximum absolute atomic E-state index is 6.24. The predicted molar refractivity (Wildman–Crippen MR) is 108 cm³/mol. The van der Waals surface area contributed by atoms with Crippen LogP contribution in [0.4, 0.5) is 0 Å². The smallest absolute Gasteiger partial charge is 0.172 e. The Bertz CT molecular complexity index is 685. The van der Waals surface area contributed by atoms with E-state index in [1.165, 1.54) is 25.7 Å². The fraction of sp³-hybridized carbons (Fsp3) is 0.833. The van der Waals surface area contributed by atoms with Gasteiger partial charge in [-0.2, -0.15) is 0 Å². The molecule has 4 nitrogen and oxygen atoms in total. The zero-order chi connectivity index (χ0) is 19.4. The Balaban J connectivity index is 1.48. The first-order valence-electron chi connectivity index (χ1n) is 11.3. The van der Waals surface area contributed by atoms with Crippen LogP contribution < -0.4 is 0 Å². The highest BCUT2D eigenvalue weighted by Gasteiger charge is 2.59. The van der Waals surface area contributed by atoms with Gasteiger partial charge in [0.1, 0.15) is 0 Å². The van der Waals surface area contributed by atoms with Gasteiger partial charge in [-0.15, -0.1) is 0 Å². The SMILES string of the molecule is COC[C@]1(OC)CCC[C@H]2[C@@H]3CCC4=C(CCC5(C4)OCCO5)C3=CC[C@@]21C. The Labute approximate surface area is 169 Å². The lowest BCUT2D eigenvalue weighted by Gasteiger charge is -2.60. The second-order valence-electron chi connectivity index (χ2n) is 9.92. The van der Waals surface area contributed by atoms with Crippen LogP contribution in [0.15, 0.2) is 22.8 Å². The van der Waals surface area contributed by atoms with Crippen LogP contribution in [0.3, 0.4) is 0 Å². The molecule has 4 heteroatoms. The molecule has 1 saturated heterocycles. The monoisotopic (exact) mass is 388 g/mol. The molecule has 28 heavy (non-hydrogen) atoms. The van der Waals surface area contributed by atoms with Gasteiger partial charge in [0, 0.05) is 32.5 Å². The Kier molecular flexibility index (Phi) is 4.78. The molecule has 1 saturated carbocycles. The number of methoxy groups -OCH3 is 2. The molecular formula is C24H36O4. The van der Waals surface area contributed by atoms with Crippen molar-refractivity contribution in [3.63, 3.8) is 0 Å².